The van der Waals surface area contributed by atoms with Gasteiger partial charge in [-0.05, 0) is 51.8 Å². The van der Waals surface area contributed by atoms with E-state index in [1.54, 1.807) is 11.3 Å². The molecule has 27 heavy (non-hydrogen) atoms. The smallest absolute Gasteiger partial charge is 0.151 e. The van der Waals surface area contributed by atoms with Crippen molar-refractivity contribution in [2.24, 2.45) is 0 Å². The molecule has 1 fully saturated rings. The Kier molecular flexibility index (Phi) is 4.72. The summed E-state index contributed by atoms with van der Waals surface area (Å²) < 4.78 is 1.17. The second-order valence-electron chi connectivity index (χ2n) is 8.38. The molecular weight excluding hydrogens is 354 g/mol. The van der Waals surface area contributed by atoms with Gasteiger partial charge in [0.05, 0.1) is 15.2 Å². The number of aromatic nitrogens is 2. The quantitative estimate of drug-likeness (QED) is 0.731. The summed E-state index contributed by atoms with van der Waals surface area (Å²) in [6.07, 6.45) is 2.09. The summed E-state index contributed by atoms with van der Waals surface area (Å²) in [6, 6.07) is 6.62. The molecule has 0 spiro atoms. The molecule has 0 bridgehead atoms. The first-order valence-electron chi connectivity index (χ1n) is 9.85. The lowest BCUT2D eigenvalue weighted by Crippen LogP contribution is -2.53. The summed E-state index contributed by atoms with van der Waals surface area (Å²) in [5, 5.41) is 2.31. The first-order chi connectivity index (χ1) is 12.9. The Morgan fingerprint density at radius 2 is 1.85 bits per heavy atom. The number of thiazole rings is 1. The average molecular weight is 384 g/mol. The summed E-state index contributed by atoms with van der Waals surface area (Å²) in [6.45, 7) is 13.3. The van der Waals surface area contributed by atoms with E-state index in [4.69, 9.17) is 10.7 Å². The number of pyridine rings is 1. The van der Waals surface area contributed by atoms with E-state index in [0.29, 0.717) is 5.82 Å². The molecule has 1 aromatic carbocycles. The summed E-state index contributed by atoms with van der Waals surface area (Å²) in [5.41, 5.74) is 9.55. The Labute approximate surface area is 165 Å². The highest BCUT2D eigenvalue weighted by atomic mass is 32.1. The third kappa shape index (κ3) is 3.48. The fourth-order valence-corrected chi connectivity index (χ4v) is 5.07. The normalized spacial score (nSPS) is 16.5. The third-order valence-electron chi connectivity index (χ3n) is 5.44. The molecule has 3 aromatic rings. The van der Waals surface area contributed by atoms with Gasteiger partial charge in [-0.1, -0.05) is 6.92 Å². The molecule has 5 nitrogen and oxygen atoms in total. The highest BCUT2D eigenvalue weighted by Gasteiger charge is 2.26. The minimum Gasteiger partial charge on any atom is -0.382 e. The lowest BCUT2D eigenvalue weighted by Gasteiger charge is -2.43. The first-order valence-corrected chi connectivity index (χ1v) is 10.7. The minimum absolute atomic E-state index is 0.236. The summed E-state index contributed by atoms with van der Waals surface area (Å²) in [4.78, 5) is 14.4. The van der Waals surface area contributed by atoms with E-state index in [2.05, 4.69) is 60.7 Å². The maximum atomic E-state index is 6.24. The lowest BCUT2D eigenvalue weighted by atomic mass is 10.0. The fraction of sp³-hybridized carbons (Fsp3) is 0.524. The molecule has 6 heteroatoms. The van der Waals surface area contributed by atoms with Crippen LogP contribution in [0.25, 0.3) is 21.1 Å². The minimum atomic E-state index is 0.236. The van der Waals surface area contributed by atoms with Gasteiger partial charge in [-0.3, -0.25) is 4.90 Å². The summed E-state index contributed by atoms with van der Waals surface area (Å²) in [5.74, 6) is 0.547. The van der Waals surface area contributed by atoms with Crippen molar-refractivity contribution in [3.63, 3.8) is 0 Å². The topological polar surface area (TPSA) is 58.3 Å². The molecular formula is C21H29N5S. The van der Waals surface area contributed by atoms with E-state index in [9.17, 15) is 0 Å². The van der Waals surface area contributed by atoms with Gasteiger partial charge in [0.2, 0.25) is 0 Å². The molecule has 0 saturated carbocycles. The van der Waals surface area contributed by atoms with Gasteiger partial charge in [-0.2, -0.15) is 0 Å². The van der Waals surface area contributed by atoms with Crippen LogP contribution in [0, 0.1) is 0 Å². The Balaban J connectivity index is 1.66. The number of nitrogen functional groups attached to an aromatic ring is 1. The Morgan fingerprint density at radius 3 is 2.52 bits per heavy atom. The SMILES string of the molecule is CCCc1nc2c(N)nc3cc(N4CCN(C(C)(C)C)CC4)ccc3c2s1. The molecule has 0 radical (unpaired) electrons. The van der Waals surface area contributed by atoms with E-state index in [0.717, 1.165) is 60.4 Å². The van der Waals surface area contributed by atoms with Crippen LogP contribution >= 0.6 is 11.3 Å². The first kappa shape index (κ1) is 18.4. The van der Waals surface area contributed by atoms with Crippen molar-refractivity contribution in [1.29, 1.82) is 0 Å². The largest absolute Gasteiger partial charge is 0.382 e. The van der Waals surface area contributed by atoms with Gasteiger partial charge in [-0.15, -0.1) is 11.3 Å². The van der Waals surface area contributed by atoms with Crippen LogP contribution in [0.1, 0.15) is 39.1 Å². The van der Waals surface area contributed by atoms with Crippen molar-refractivity contribution in [3.05, 3.63) is 23.2 Å². The maximum absolute atomic E-state index is 6.24. The van der Waals surface area contributed by atoms with E-state index >= 15 is 0 Å². The number of aryl methyl sites for hydroxylation is 1. The monoisotopic (exact) mass is 383 g/mol. The van der Waals surface area contributed by atoms with Gasteiger partial charge in [-0.25, -0.2) is 9.97 Å². The van der Waals surface area contributed by atoms with E-state index < -0.39 is 0 Å². The van der Waals surface area contributed by atoms with Crippen LogP contribution < -0.4 is 10.6 Å². The maximum Gasteiger partial charge on any atom is 0.151 e. The molecule has 2 aromatic heterocycles. The standard InChI is InChI=1S/C21H29N5S/c1-5-6-17-24-18-19(27-17)15-8-7-14(13-16(15)23-20(18)22)25-9-11-26(12-10-25)21(2,3)4/h7-8,13H,5-6,9-12H2,1-4H3,(H2,22,23). The highest BCUT2D eigenvalue weighted by molar-refractivity contribution is 7.19. The van der Waals surface area contributed by atoms with Gasteiger partial charge < -0.3 is 10.6 Å². The highest BCUT2D eigenvalue weighted by Crippen LogP contribution is 2.34. The number of hydrogen-bond donors (Lipinski definition) is 1. The third-order valence-corrected chi connectivity index (χ3v) is 6.59. The van der Waals surface area contributed by atoms with Crippen molar-refractivity contribution >= 4 is 44.0 Å². The number of nitrogens with zero attached hydrogens (tertiary/aromatic N) is 4. The van der Waals surface area contributed by atoms with Crippen LogP contribution in [-0.2, 0) is 6.42 Å². The number of nitrogens with two attached hydrogens (primary N) is 1. The Morgan fingerprint density at radius 1 is 1.11 bits per heavy atom. The molecule has 1 aliphatic rings. The average Bonchev–Trinajstić information content (AvgIpc) is 3.06. The van der Waals surface area contributed by atoms with E-state index in [1.165, 1.54) is 10.4 Å². The molecule has 0 amide bonds. The zero-order valence-corrected chi connectivity index (χ0v) is 17.6. The molecule has 1 saturated heterocycles. The number of piperazine rings is 1. The van der Waals surface area contributed by atoms with Crippen LogP contribution in [0.4, 0.5) is 11.5 Å². The summed E-state index contributed by atoms with van der Waals surface area (Å²) in [7, 11) is 0. The van der Waals surface area contributed by atoms with Crippen LogP contribution in [-0.4, -0.2) is 46.6 Å². The molecule has 1 aliphatic heterocycles. The van der Waals surface area contributed by atoms with Gasteiger partial charge >= 0.3 is 0 Å². The van der Waals surface area contributed by atoms with Gasteiger partial charge in [0.15, 0.2) is 5.82 Å². The second kappa shape index (κ2) is 6.91. The molecule has 144 valence electrons. The van der Waals surface area contributed by atoms with E-state index in [-0.39, 0.29) is 5.54 Å². The van der Waals surface area contributed by atoms with Gasteiger partial charge in [0.1, 0.15) is 5.52 Å². The Hall–Kier alpha value is -1.92. The van der Waals surface area contributed by atoms with Crippen molar-refractivity contribution in [2.75, 3.05) is 36.8 Å². The molecule has 0 unspecified atom stereocenters. The number of hydrogen-bond acceptors (Lipinski definition) is 6. The zero-order valence-electron chi connectivity index (χ0n) is 16.7. The van der Waals surface area contributed by atoms with Crippen molar-refractivity contribution in [3.8, 4) is 0 Å². The number of fused-ring (bicyclic) bond motifs is 3. The Bertz CT molecular complexity index is 964. The molecule has 0 aliphatic carbocycles. The van der Waals surface area contributed by atoms with Crippen LogP contribution in [0.15, 0.2) is 18.2 Å². The van der Waals surface area contributed by atoms with Gasteiger partial charge in [0.25, 0.3) is 0 Å². The van der Waals surface area contributed by atoms with E-state index in [1.807, 2.05) is 0 Å². The predicted octanol–water partition coefficient (Wildman–Crippen LogP) is 4.30. The molecule has 0 atom stereocenters. The number of rotatable bonds is 3. The van der Waals surface area contributed by atoms with Crippen molar-refractivity contribution in [2.45, 2.75) is 46.1 Å². The second-order valence-corrected chi connectivity index (χ2v) is 9.46. The predicted molar refractivity (Wildman–Crippen MR) is 117 cm³/mol. The lowest BCUT2D eigenvalue weighted by molar-refractivity contribution is 0.128. The molecule has 2 N–H and O–H groups in total. The van der Waals surface area contributed by atoms with Crippen molar-refractivity contribution in [1.82, 2.24) is 14.9 Å². The van der Waals surface area contributed by atoms with Gasteiger partial charge in [0, 0.05) is 42.8 Å². The summed E-state index contributed by atoms with van der Waals surface area (Å²) >= 11 is 1.76. The van der Waals surface area contributed by atoms with Crippen LogP contribution in [0.3, 0.4) is 0 Å². The van der Waals surface area contributed by atoms with Crippen LogP contribution in [0.5, 0.6) is 0 Å². The molecule has 3 heterocycles. The molecule has 4 rings (SSSR count). The van der Waals surface area contributed by atoms with Crippen molar-refractivity contribution < 1.29 is 0 Å². The number of anilines is 2. The zero-order chi connectivity index (χ0) is 19.2. The fourth-order valence-electron chi connectivity index (χ4n) is 3.86. The van der Waals surface area contributed by atoms with Crippen LogP contribution in [0.2, 0.25) is 0 Å². The number of benzene rings is 1.